The topological polar surface area (TPSA) is 93.7 Å². The molecule has 7 nitrogen and oxygen atoms in total. The van der Waals surface area contributed by atoms with Crippen molar-refractivity contribution in [3.63, 3.8) is 0 Å². The fourth-order valence-corrected chi connectivity index (χ4v) is 6.66. The third-order valence-corrected chi connectivity index (χ3v) is 8.98. The van der Waals surface area contributed by atoms with Crippen molar-refractivity contribution < 1.29 is 22.7 Å². The standard InChI is InChI=1S/C23H33ClN2O5S/c24-17-5-10-23(30-13-12-27)20(14-17)16-3-6-18(7-4-16)31-15-22-21(2-1-11-25-22)26-32(28,29)19-8-9-19/h5,10,12,14,16,18-19,21-22,25-26H,1-4,6-9,11,13,15H2/t16?,18?,21-,22-/m0/s1. The summed E-state index contributed by atoms with van der Waals surface area (Å²) in [4.78, 5) is 10.7. The third kappa shape index (κ3) is 6.23. The average molecular weight is 485 g/mol. The number of nitrogens with one attached hydrogen (secondary N) is 2. The number of hydrogen-bond donors (Lipinski definition) is 2. The number of ether oxygens (including phenoxy) is 2. The van der Waals surface area contributed by atoms with Crippen LogP contribution in [0.3, 0.4) is 0 Å². The van der Waals surface area contributed by atoms with Gasteiger partial charge in [0, 0.05) is 17.1 Å². The summed E-state index contributed by atoms with van der Waals surface area (Å²) >= 11 is 6.21. The first-order valence-corrected chi connectivity index (χ1v) is 13.6. The second-order valence-electron chi connectivity index (χ2n) is 9.14. The van der Waals surface area contributed by atoms with E-state index in [0.29, 0.717) is 17.5 Å². The first kappa shape index (κ1) is 24.0. The van der Waals surface area contributed by atoms with Crippen molar-refractivity contribution >= 4 is 27.9 Å². The highest BCUT2D eigenvalue weighted by molar-refractivity contribution is 7.90. The maximum absolute atomic E-state index is 12.4. The summed E-state index contributed by atoms with van der Waals surface area (Å²) in [7, 11) is -3.21. The van der Waals surface area contributed by atoms with Crippen LogP contribution in [0.4, 0.5) is 0 Å². The molecule has 32 heavy (non-hydrogen) atoms. The van der Waals surface area contributed by atoms with Gasteiger partial charge >= 0.3 is 0 Å². The molecule has 4 rings (SSSR count). The summed E-state index contributed by atoms with van der Waals surface area (Å²) in [6.07, 6.45) is 8.03. The fourth-order valence-electron chi connectivity index (χ4n) is 4.83. The first-order chi connectivity index (χ1) is 15.5. The first-order valence-electron chi connectivity index (χ1n) is 11.7. The van der Waals surface area contributed by atoms with Crippen LogP contribution in [0.5, 0.6) is 5.75 Å². The van der Waals surface area contributed by atoms with Crippen molar-refractivity contribution in [1.82, 2.24) is 10.0 Å². The number of hydrogen-bond acceptors (Lipinski definition) is 6. The molecule has 0 unspecified atom stereocenters. The Balaban J connectivity index is 1.28. The minimum atomic E-state index is -3.21. The van der Waals surface area contributed by atoms with E-state index in [1.54, 1.807) is 6.07 Å². The normalized spacial score (nSPS) is 28.9. The summed E-state index contributed by atoms with van der Waals surface area (Å²) < 4.78 is 39.5. The predicted octanol–water partition coefficient (Wildman–Crippen LogP) is 3.16. The maximum atomic E-state index is 12.4. The smallest absolute Gasteiger partial charge is 0.214 e. The minimum Gasteiger partial charge on any atom is -0.486 e. The summed E-state index contributed by atoms with van der Waals surface area (Å²) in [5.41, 5.74) is 1.06. The third-order valence-electron chi connectivity index (χ3n) is 6.77. The molecule has 0 amide bonds. The highest BCUT2D eigenvalue weighted by atomic mass is 35.5. The number of benzene rings is 1. The Labute approximate surface area is 195 Å². The van der Waals surface area contributed by atoms with Gasteiger partial charge in [0.25, 0.3) is 0 Å². The van der Waals surface area contributed by atoms with E-state index in [0.717, 1.165) is 75.5 Å². The van der Waals surface area contributed by atoms with Crippen LogP contribution in [0.1, 0.15) is 62.8 Å². The van der Waals surface area contributed by atoms with Gasteiger partial charge in [0.15, 0.2) is 6.29 Å². The van der Waals surface area contributed by atoms with Gasteiger partial charge in [0.2, 0.25) is 10.0 Å². The molecule has 1 aromatic rings. The van der Waals surface area contributed by atoms with Crippen LogP contribution in [-0.2, 0) is 19.6 Å². The Hall–Kier alpha value is -1.19. The van der Waals surface area contributed by atoms with Crippen molar-refractivity contribution in [3.8, 4) is 5.75 Å². The molecule has 0 spiro atoms. The Morgan fingerprint density at radius 3 is 2.62 bits per heavy atom. The molecule has 0 aromatic heterocycles. The molecule has 2 N–H and O–H groups in total. The van der Waals surface area contributed by atoms with Crippen molar-refractivity contribution in [2.45, 2.75) is 80.7 Å². The quantitative estimate of drug-likeness (QED) is 0.495. The Bertz CT molecular complexity index is 884. The van der Waals surface area contributed by atoms with Gasteiger partial charge in [-0.1, -0.05) is 11.6 Å². The van der Waals surface area contributed by atoms with Gasteiger partial charge in [-0.3, -0.25) is 4.79 Å². The van der Waals surface area contributed by atoms with Crippen molar-refractivity contribution in [1.29, 1.82) is 0 Å². The van der Waals surface area contributed by atoms with E-state index >= 15 is 0 Å². The van der Waals surface area contributed by atoms with Crippen molar-refractivity contribution in [3.05, 3.63) is 28.8 Å². The molecule has 1 aromatic carbocycles. The number of sulfonamides is 1. The highest BCUT2D eigenvalue weighted by Gasteiger charge is 2.39. The van der Waals surface area contributed by atoms with Crippen molar-refractivity contribution in [2.24, 2.45) is 0 Å². The molecule has 0 bridgehead atoms. The minimum absolute atomic E-state index is 0.00581. The van der Waals surface area contributed by atoms with Gasteiger partial charge in [-0.15, -0.1) is 0 Å². The van der Waals surface area contributed by atoms with Crippen LogP contribution in [0.15, 0.2) is 18.2 Å². The number of carbonyl (C=O) groups is 1. The SMILES string of the molecule is O=CCOc1ccc(Cl)cc1C1CCC(OC[C@@H]2NCCC[C@@H]2NS(=O)(=O)C2CC2)CC1. The van der Waals surface area contributed by atoms with Crippen LogP contribution >= 0.6 is 11.6 Å². The number of carbonyl (C=O) groups excluding carboxylic acids is 1. The maximum Gasteiger partial charge on any atom is 0.214 e. The highest BCUT2D eigenvalue weighted by Crippen LogP contribution is 2.39. The monoisotopic (exact) mass is 484 g/mol. The van der Waals surface area contributed by atoms with Gasteiger partial charge in [0.05, 0.1) is 18.0 Å². The van der Waals surface area contributed by atoms with E-state index in [2.05, 4.69) is 10.0 Å². The number of rotatable bonds is 10. The van der Waals surface area contributed by atoms with Gasteiger partial charge in [0.1, 0.15) is 12.4 Å². The molecule has 2 atom stereocenters. The number of piperidine rings is 1. The van der Waals surface area contributed by atoms with Crippen LogP contribution in [0.25, 0.3) is 0 Å². The molecule has 3 fully saturated rings. The summed E-state index contributed by atoms with van der Waals surface area (Å²) in [6, 6.07) is 5.46. The van der Waals surface area contributed by atoms with E-state index in [1.165, 1.54) is 0 Å². The number of aldehydes is 1. The molecule has 1 heterocycles. The summed E-state index contributed by atoms with van der Waals surface area (Å²) in [5.74, 6) is 1.05. The zero-order chi connectivity index (χ0) is 22.6. The van der Waals surface area contributed by atoms with Crippen LogP contribution in [0.2, 0.25) is 5.02 Å². The van der Waals surface area contributed by atoms with Crippen LogP contribution in [-0.4, -0.2) is 57.9 Å². The van der Waals surface area contributed by atoms with Crippen molar-refractivity contribution in [2.75, 3.05) is 19.8 Å². The van der Waals surface area contributed by atoms with Gasteiger partial charge in [-0.25, -0.2) is 13.1 Å². The van der Waals surface area contributed by atoms with Gasteiger partial charge < -0.3 is 14.8 Å². The Morgan fingerprint density at radius 1 is 1.12 bits per heavy atom. The lowest BCUT2D eigenvalue weighted by atomic mass is 9.82. The van der Waals surface area contributed by atoms with E-state index < -0.39 is 10.0 Å². The Morgan fingerprint density at radius 2 is 1.91 bits per heavy atom. The molecule has 2 aliphatic carbocycles. The molecular formula is C23H33ClN2O5S. The largest absolute Gasteiger partial charge is 0.486 e. The van der Waals surface area contributed by atoms with Crippen LogP contribution < -0.4 is 14.8 Å². The second kappa shape index (κ2) is 10.8. The Kier molecular flexibility index (Phi) is 8.10. The van der Waals surface area contributed by atoms with E-state index in [9.17, 15) is 13.2 Å². The van der Waals surface area contributed by atoms with Gasteiger partial charge in [-0.2, -0.15) is 0 Å². The molecule has 0 radical (unpaired) electrons. The fraction of sp³-hybridized carbons (Fsp3) is 0.696. The molecule has 1 saturated heterocycles. The number of halogens is 1. The lowest BCUT2D eigenvalue weighted by Gasteiger charge is -2.35. The lowest BCUT2D eigenvalue weighted by molar-refractivity contribution is -0.109. The second-order valence-corrected chi connectivity index (χ2v) is 11.6. The zero-order valence-electron chi connectivity index (χ0n) is 18.3. The lowest BCUT2D eigenvalue weighted by Crippen LogP contribution is -2.56. The zero-order valence-corrected chi connectivity index (χ0v) is 19.9. The van der Waals surface area contributed by atoms with Crippen LogP contribution in [0, 0.1) is 0 Å². The summed E-state index contributed by atoms with van der Waals surface area (Å²) in [6.45, 7) is 1.44. The molecular weight excluding hydrogens is 452 g/mol. The predicted molar refractivity (Wildman–Crippen MR) is 124 cm³/mol. The summed E-state index contributed by atoms with van der Waals surface area (Å²) in [5, 5.41) is 3.91. The van der Waals surface area contributed by atoms with E-state index in [4.69, 9.17) is 21.1 Å². The molecule has 9 heteroatoms. The van der Waals surface area contributed by atoms with E-state index in [1.807, 2.05) is 12.1 Å². The van der Waals surface area contributed by atoms with E-state index in [-0.39, 0.29) is 30.0 Å². The average Bonchev–Trinajstić information content (AvgIpc) is 3.64. The van der Waals surface area contributed by atoms with Gasteiger partial charge in [-0.05, 0) is 87.6 Å². The molecule has 3 aliphatic rings. The molecule has 2 saturated carbocycles. The molecule has 178 valence electrons. The molecule has 1 aliphatic heterocycles.